The second kappa shape index (κ2) is 17.3. The first-order valence-corrected chi connectivity index (χ1v) is 20.7. The van der Waals surface area contributed by atoms with Crippen LogP contribution < -0.4 is 9.47 Å². The molecule has 0 aliphatic carbocycles. The van der Waals surface area contributed by atoms with Crippen molar-refractivity contribution in [3.8, 4) is 11.5 Å². The molecule has 6 rings (SSSR count). The van der Waals surface area contributed by atoms with Crippen LogP contribution in [0, 0.1) is 11.6 Å². The number of carboxylic acid groups (broad SMARTS) is 1. The van der Waals surface area contributed by atoms with Crippen molar-refractivity contribution in [1.29, 1.82) is 0 Å². The van der Waals surface area contributed by atoms with Crippen LogP contribution in [0.5, 0.6) is 11.5 Å². The van der Waals surface area contributed by atoms with E-state index < -0.39 is 43.9 Å². The minimum absolute atomic E-state index is 0.0550. The molecule has 16 heteroatoms. The summed E-state index contributed by atoms with van der Waals surface area (Å²) in [4.78, 5) is 16.3. The third-order valence-electron chi connectivity index (χ3n) is 9.34. The van der Waals surface area contributed by atoms with Gasteiger partial charge in [0.1, 0.15) is 23.1 Å². The molecule has 0 saturated carbocycles. The van der Waals surface area contributed by atoms with E-state index in [1.807, 2.05) is 21.9 Å². The van der Waals surface area contributed by atoms with Gasteiger partial charge in [-0.05, 0) is 47.5 Å². The van der Waals surface area contributed by atoms with Crippen molar-refractivity contribution in [3.05, 3.63) is 131 Å². The average molecular weight is 785 g/mol. The molecule has 4 aromatic rings. The van der Waals surface area contributed by atoms with Gasteiger partial charge in [-0.1, -0.05) is 60.7 Å². The van der Waals surface area contributed by atoms with Crippen LogP contribution >= 0.6 is 0 Å². The summed E-state index contributed by atoms with van der Waals surface area (Å²) in [6, 6.07) is 25.2. The molecule has 0 amide bonds. The molecule has 54 heavy (non-hydrogen) atoms. The lowest BCUT2D eigenvalue weighted by atomic mass is 10.1. The molecule has 2 fully saturated rings. The number of piperazine rings is 2. The smallest absolute Gasteiger partial charge is 0.387 e. The van der Waals surface area contributed by atoms with Crippen LogP contribution in [0.15, 0.2) is 97.1 Å². The first-order chi connectivity index (χ1) is 25.8. The second-order valence-corrected chi connectivity index (χ2v) is 17.2. The number of aliphatic carboxylic acids is 1. The molecule has 1 N–H and O–H groups in total. The van der Waals surface area contributed by atoms with Crippen molar-refractivity contribution in [2.75, 3.05) is 52.4 Å². The minimum atomic E-state index is -3.55. The number of carboxylic acids is 1. The summed E-state index contributed by atoms with van der Waals surface area (Å²) >= 11 is 0. The zero-order chi connectivity index (χ0) is 38.3. The van der Waals surface area contributed by atoms with Crippen molar-refractivity contribution < 1.29 is 45.0 Å². The van der Waals surface area contributed by atoms with E-state index in [0.717, 1.165) is 12.1 Å². The Hall–Kier alpha value is -4.45. The van der Waals surface area contributed by atoms with Crippen molar-refractivity contribution in [1.82, 2.24) is 18.4 Å². The summed E-state index contributed by atoms with van der Waals surface area (Å²) in [7, 11) is -7.10. The molecule has 4 aromatic carbocycles. The predicted molar refractivity (Wildman–Crippen MR) is 197 cm³/mol. The number of rotatable bonds is 15. The first-order valence-electron chi connectivity index (χ1n) is 17.5. The van der Waals surface area contributed by atoms with E-state index in [9.17, 15) is 35.5 Å². The minimum Gasteiger partial charge on any atom is -0.476 e. The number of ether oxygens (including phenoxy) is 2. The fourth-order valence-electron chi connectivity index (χ4n) is 6.49. The molecule has 0 unspecified atom stereocenters. The van der Waals surface area contributed by atoms with Crippen LogP contribution in [0.1, 0.15) is 22.3 Å². The van der Waals surface area contributed by atoms with E-state index in [2.05, 4.69) is 0 Å². The molecule has 2 saturated heterocycles. The standard InChI is InChI=1S/C38H42F2N4O8S2/c39-33-11-13-35(31(23-33)25-41-15-19-43(20-16-41)53(47,48)27-29-7-3-1-4-8-29)51-38(37(45)46)52-36-14-12-34(40)24-32(36)26-42-17-21-44(22-18-42)54(49,50)28-30-9-5-2-6-10-30/h1-14,23-24,38H,15-22,25-28H2,(H,45,46). The van der Waals surface area contributed by atoms with Gasteiger partial charge in [-0.15, -0.1) is 0 Å². The molecule has 0 atom stereocenters. The molecular weight excluding hydrogens is 743 g/mol. The fraction of sp³-hybridized carbons (Fsp3) is 0.342. The van der Waals surface area contributed by atoms with Gasteiger partial charge in [0, 0.05) is 76.6 Å². The maximum atomic E-state index is 14.5. The van der Waals surface area contributed by atoms with Crippen LogP contribution in [0.3, 0.4) is 0 Å². The highest BCUT2D eigenvalue weighted by molar-refractivity contribution is 7.88. The Morgan fingerprint density at radius 3 is 1.31 bits per heavy atom. The van der Waals surface area contributed by atoms with E-state index in [1.54, 1.807) is 48.5 Å². The zero-order valence-corrected chi connectivity index (χ0v) is 31.1. The molecule has 0 radical (unpaired) electrons. The lowest BCUT2D eigenvalue weighted by molar-refractivity contribution is -0.158. The monoisotopic (exact) mass is 784 g/mol. The SMILES string of the molecule is O=C(O)C(Oc1ccc(F)cc1CN1CCN(S(=O)(=O)Cc2ccccc2)CC1)Oc1ccc(F)cc1CN1CCN(S(=O)(=O)Cc2ccccc2)CC1. The van der Waals surface area contributed by atoms with Crippen LogP contribution in [-0.2, 0) is 49.4 Å². The maximum absolute atomic E-state index is 14.5. The van der Waals surface area contributed by atoms with Gasteiger partial charge in [0.15, 0.2) is 0 Å². The molecule has 12 nitrogen and oxygen atoms in total. The van der Waals surface area contributed by atoms with Crippen molar-refractivity contribution in [2.24, 2.45) is 0 Å². The summed E-state index contributed by atoms with van der Waals surface area (Å²) in [5, 5.41) is 10.1. The zero-order valence-electron chi connectivity index (χ0n) is 29.5. The van der Waals surface area contributed by atoms with E-state index in [4.69, 9.17) is 9.47 Å². The van der Waals surface area contributed by atoms with Crippen molar-refractivity contribution >= 4 is 26.0 Å². The van der Waals surface area contributed by atoms with E-state index in [1.165, 1.54) is 32.9 Å². The summed E-state index contributed by atoms with van der Waals surface area (Å²) in [5.74, 6) is -2.73. The van der Waals surface area contributed by atoms with Gasteiger partial charge in [-0.25, -0.2) is 30.4 Å². The summed E-state index contributed by atoms with van der Waals surface area (Å²) in [6.07, 6.45) is -1.89. The van der Waals surface area contributed by atoms with E-state index in [-0.39, 0.29) is 62.3 Å². The molecule has 2 aliphatic heterocycles. The van der Waals surface area contributed by atoms with Gasteiger partial charge in [-0.2, -0.15) is 8.61 Å². The summed E-state index contributed by atoms with van der Waals surface area (Å²) in [5.41, 5.74) is 2.06. The number of hydrogen-bond acceptors (Lipinski definition) is 9. The Balaban J connectivity index is 1.08. The lowest BCUT2D eigenvalue weighted by Crippen LogP contribution is -2.48. The third-order valence-corrected chi connectivity index (χ3v) is 13.0. The number of halogens is 2. The normalized spacial score (nSPS) is 16.7. The van der Waals surface area contributed by atoms with Crippen LogP contribution in [0.2, 0.25) is 0 Å². The molecule has 0 bridgehead atoms. The molecule has 288 valence electrons. The second-order valence-electron chi connectivity index (χ2n) is 13.2. The number of hydrogen-bond donors (Lipinski definition) is 1. The number of benzene rings is 4. The molecule has 2 aliphatic rings. The van der Waals surface area contributed by atoms with Crippen LogP contribution in [0.4, 0.5) is 8.78 Å². The number of sulfonamides is 2. The molecule has 0 spiro atoms. The molecule has 2 heterocycles. The fourth-order valence-corrected chi connectivity index (χ4v) is 9.53. The lowest BCUT2D eigenvalue weighted by Gasteiger charge is -2.34. The van der Waals surface area contributed by atoms with Gasteiger partial charge in [0.25, 0.3) is 0 Å². The van der Waals surface area contributed by atoms with Gasteiger partial charge >= 0.3 is 12.3 Å². The number of carbonyl (C=O) groups is 1. The topological polar surface area (TPSA) is 137 Å². The van der Waals surface area contributed by atoms with E-state index in [0.29, 0.717) is 48.4 Å². The highest BCUT2D eigenvalue weighted by atomic mass is 32.2. The predicted octanol–water partition coefficient (Wildman–Crippen LogP) is 4.13. The van der Waals surface area contributed by atoms with Gasteiger partial charge in [0.05, 0.1) is 11.5 Å². The Bertz CT molecular complexity index is 1970. The quantitative estimate of drug-likeness (QED) is 0.175. The van der Waals surface area contributed by atoms with Crippen molar-refractivity contribution in [2.45, 2.75) is 30.9 Å². The average Bonchev–Trinajstić information content (AvgIpc) is 3.14. The highest BCUT2D eigenvalue weighted by Gasteiger charge is 2.31. The maximum Gasteiger partial charge on any atom is 0.387 e. The van der Waals surface area contributed by atoms with Crippen molar-refractivity contribution in [3.63, 3.8) is 0 Å². The first kappa shape index (κ1) is 39.2. The number of nitrogens with zero attached hydrogens (tertiary/aromatic N) is 4. The Labute approximate surface area is 314 Å². The molecular formula is C38H42F2N4O8S2. The highest BCUT2D eigenvalue weighted by Crippen LogP contribution is 2.28. The van der Waals surface area contributed by atoms with E-state index >= 15 is 0 Å². The van der Waals surface area contributed by atoms with Crippen LogP contribution in [0.25, 0.3) is 0 Å². The molecule has 0 aromatic heterocycles. The van der Waals surface area contributed by atoms with Gasteiger partial charge < -0.3 is 14.6 Å². The third kappa shape index (κ3) is 10.4. The Morgan fingerprint density at radius 1 is 0.593 bits per heavy atom. The summed E-state index contributed by atoms with van der Waals surface area (Å²) in [6.45, 7) is 2.65. The Morgan fingerprint density at radius 2 is 0.963 bits per heavy atom. The van der Waals surface area contributed by atoms with Crippen LogP contribution in [-0.4, -0.2) is 105 Å². The largest absolute Gasteiger partial charge is 0.476 e. The summed E-state index contributed by atoms with van der Waals surface area (Å²) < 4.78 is 95.6. The van der Waals surface area contributed by atoms with Gasteiger partial charge in [-0.3, -0.25) is 9.80 Å². The Kier molecular flexibility index (Phi) is 12.6. The van der Waals surface area contributed by atoms with Gasteiger partial charge in [0.2, 0.25) is 20.0 Å².